The van der Waals surface area contributed by atoms with Gasteiger partial charge in [0.05, 0.1) is 22.4 Å². The monoisotopic (exact) mass is 743 g/mol. The number of anilines is 3. The Labute approximate surface area is 335 Å². The zero-order chi connectivity index (χ0) is 38.5. The molecule has 1 aliphatic carbocycles. The summed E-state index contributed by atoms with van der Waals surface area (Å²) in [5.41, 5.74) is 14.0. The van der Waals surface area contributed by atoms with Crippen molar-refractivity contribution in [1.82, 2.24) is 9.55 Å². The summed E-state index contributed by atoms with van der Waals surface area (Å²) in [6.07, 6.45) is 0. The molecule has 9 aromatic carbocycles. The van der Waals surface area contributed by atoms with Crippen molar-refractivity contribution in [1.29, 1.82) is 0 Å². The van der Waals surface area contributed by atoms with Crippen LogP contribution in [0.5, 0.6) is 0 Å². The summed E-state index contributed by atoms with van der Waals surface area (Å²) in [4.78, 5) is 7.53. The molecule has 2 heterocycles. The quantitative estimate of drug-likeness (QED) is 0.176. The minimum atomic E-state index is -0.180. The van der Waals surface area contributed by atoms with E-state index in [1.807, 2.05) is 0 Å². The van der Waals surface area contributed by atoms with Crippen molar-refractivity contribution in [3.8, 4) is 28.3 Å². The third kappa shape index (κ3) is 4.72. The smallest absolute Gasteiger partial charge is 0.227 e. The molecule has 0 unspecified atom stereocenters. The average Bonchev–Trinajstić information content (AvgIpc) is 3.93. The molecule has 0 fully saturated rings. The molecule has 11 aromatic rings. The van der Waals surface area contributed by atoms with Gasteiger partial charge < -0.3 is 13.9 Å². The number of aromatic nitrogens is 2. The van der Waals surface area contributed by atoms with Crippen LogP contribution in [0.25, 0.3) is 82.7 Å². The molecule has 2 aromatic heterocycles. The minimum Gasteiger partial charge on any atom is -0.434 e. The summed E-state index contributed by atoms with van der Waals surface area (Å²) in [7, 11) is 0. The molecule has 58 heavy (non-hydrogen) atoms. The van der Waals surface area contributed by atoms with Crippen molar-refractivity contribution in [3.63, 3.8) is 0 Å². The van der Waals surface area contributed by atoms with Crippen LogP contribution in [0.15, 0.2) is 192 Å². The van der Waals surface area contributed by atoms with E-state index < -0.39 is 0 Å². The molecule has 0 aliphatic heterocycles. The molecule has 0 atom stereocenters. The second-order valence-electron chi connectivity index (χ2n) is 16.0. The first-order valence-electron chi connectivity index (χ1n) is 20.0. The van der Waals surface area contributed by atoms with Gasteiger partial charge in [0, 0.05) is 38.5 Å². The highest BCUT2D eigenvalue weighted by atomic mass is 16.3. The molecule has 0 N–H and O–H groups in total. The average molecular weight is 744 g/mol. The zero-order valence-electron chi connectivity index (χ0n) is 32.1. The SMILES string of the molecule is CC1(C)c2ccccc2-c2ccc(N(c3cc4c(c5ccccc35)c3ccccc3n4-c3ccccc3)c3cccc4nc(-c5ccc6ccccc6c5)oc34)cc21. The largest absolute Gasteiger partial charge is 0.434 e. The third-order valence-corrected chi connectivity index (χ3v) is 12.4. The first-order chi connectivity index (χ1) is 28.5. The topological polar surface area (TPSA) is 34.2 Å². The van der Waals surface area contributed by atoms with Crippen LogP contribution in [0.4, 0.5) is 17.1 Å². The Kier molecular flexibility index (Phi) is 6.94. The molecule has 0 bridgehead atoms. The first-order valence-corrected chi connectivity index (χ1v) is 20.0. The van der Waals surface area contributed by atoms with E-state index in [1.165, 1.54) is 49.3 Å². The molecule has 0 saturated heterocycles. The molecular formula is C54H37N3O. The summed E-state index contributed by atoms with van der Waals surface area (Å²) in [5.74, 6) is 0.600. The van der Waals surface area contributed by atoms with Crippen molar-refractivity contribution >= 4 is 71.5 Å². The molecule has 0 amide bonds. The summed E-state index contributed by atoms with van der Waals surface area (Å²) in [6.45, 7) is 4.69. The van der Waals surface area contributed by atoms with Gasteiger partial charge in [0.1, 0.15) is 5.52 Å². The summed E-state index contributed by atoms with van der Waals surface area (Å²) in [6, 6.07) is 67.7. The number of oxazole rings is 1. The molecule has 4 heteroatoms. The van der Waals surface area contributed by atoms with Gasteiger partial charge in [0.25, 0.3) is 0 Å². The van der Waals surface area contributed by atoms with Gasteiger partial charge in [-0.2, -0.15) is 0 Å². The highest BCUT2D eigenvalue weighted by Crippen LogP contribution is 2.52. The Hall–Kier alpha value is -7.43. The van der Waals surface area contributed by atoms with Crippen LogP contribution in [0.3, 0.4) is 0 Å². The highest BCUT2D eigenvalue weighted by molar-refractivity contribution is 6.25. The van der Waals surface area contributed by atoms with Gasteiger partial charge in [-0.1, -0.05) is 141 Å². The first kappa shape index (κ1) is 32.8. The molecular weight excluding hydrogens is 707 g/mol. The molecule has 1 aliphatic rings. The van der Waals surface area contributed by atoms with Gasteiger partial charge in [0.15, 0.2) is 5.58 Å². The lowest BCUT2D eigenvalue weighted by Crippen LogP contribution is -2.16. The lowest BCUT2D eigenvalue weighted by molar-refractivity contribution is 0.620. The summed E-state index contributed by atoms with van der Waals surface area (Å²) >= 11 is 0. The van der Waals surface area contributed by atoms with E-state index in [9.17, 15) is 0 Å². The van der Waals surface area contributed by atoms with Crippen molar-refractivity contribution in [3.05, 3.63) is 199 Å². The lowest BCUT2D eigenvalue weighted by Gasteiger charge is -2.29. The van der Waals surface area contributed by atoms with E-state index in [1.54, 1.807) is 0 Å². The van der Waals surface area contributed by atoms with Crippen molar-refractivity contribution in [2.24, 2.45) is 0 Å². The van der Waals surface area contributed by atoms with Crippen LogP contribution in [0.1, 0.15) is 25.0 Å². The Bertz CT molecular complexity index is 3440. The molecule has 0 radical (unpaired) electrons. The van der Waals surface area contributed by atoms with Crippen molar-refractivity contribution < 1.29 is 4.42 Å². The normalized spacial score (nSPS) is 13.1. The second kappa shape index (κ2) is 12.3. The Balaban J connectivity index is 1.17. The van der Waals surface area contributed by atoms with E-state index in [2.05, 4.69) is 211 Å². The Morgan fingerprint density at radius 3 is 2.12 bits per heavy atom. The second-order valence-corrected chi connectivity index (χ2v) is 16.0. The van der Waals surface area contributed by atoms with Gasteiger partial charge in [0.2, 0.25) is 5.89 Å². The van der Waals surface area contributed by atoms with Gasteiger partial charge in [-0.3, -0.25) is 0 Å². The molecule has 274 valence electrons. The van der Waals surface area contributed by atoms with Crippen LogP contribution >= 0.6 is 0 Å². The van der Waals surface area contributed by atoms with Crippen molar-refractivity contribution in [2.75, 3.05) is 4.90 Å². The number of fused-ring (bicyclic) bond motifs is 10. The van der Waals surface area contributed by atoms with E-state index in [0.717, 1.165) is 55.7 Å². The number of rotatable bonds is 5. The van der Waals surface area contributed by atoms with Crippen LogP contribution < -0.4 is 4.90 Å². The number of nitrogens with zero attached hydrogens (tertiary/aromatic N) is 3. The van der Waals surface area contributed by atoms with Gasteiger partial charge in [-0.15, -0.1) is 0 Å². The Morgan fingerprint density at radius 2 is 1.24 bits per heavy atom. The predicted molar refractivity (Wildman–Crippen MR) is 241 cm³/mol. The maximum absolute atomic E-state index is 6.93. The number of hydrogen-bond acceptors (Lipinski definition) is 3. The fourth-order valence-corrected chi connectivity index (χ4v) is 9.65. The van der Waals surface area contributed by atoms with E-state index in [0.29, 0.717) is 5.89 Å². The van der Waals surface area contributed by atoms with E-state index >= 15 is 0 Å². The Morgan fingerprint density at radius 1 is 0.517 bits per heavy atom. The van der Waals surface area contributed by atoms with Gasteiger partial charge >= 0.3 is 0 Å². The fourth-order valence-electron chi connectivity index (χ4n) is 9.65. The lowest BCUT2D eigenvalue weighted by atomic mass is 9.82. The number of hydrogen-bond donors (Lipinski definition) is 0. The molecule has 0 saturated carbocycles. The minimum absolute atomic E-state index is 0.180. The number of para-hydroxylation sites is 3. The predicted octanol–water partition coefficient (Wildman–Crippen LogP) is 14.7. The van der Waals surface area contributed by atoms with Crippen LogP contribution in [-0.4, -0.2) is 9.55 Å². The van der Waals surface area contributed by atoms with Crippen LogP contribution in [0, 0.1) is 0 Å². The zero-order valence-corrected chi connectivity index (χ0v) is 32.1. The van der Waals surface area contributed by atoms with Crippen LogP contribution in [0.2, 0.25) is 0 Å². The maximum atomic E-state index is 6.93. The highest BCUT2D eigenvalue weighted by Gasteiger charge is 2.36. The molecule has 4 nitrogen and oxygen atoms in total. The third-order valence-electron chi connectivity index (χ3n) is 12.4. The maximum Gasteiger partial charge on any atom is 0.227 e. The van der Waals surface area contributed by atoms with Gasteiger partial charge in [-0.05, 0) is 99.1 Å². The molecule has 0 spiro atoms. The van der Waals surface area contributed by atoms with E-state index in [-0.39, 0.29) is 5.41 Å². The standard InChI is InChI=1S/C54H37N3O/c1-54(2)44-23-12-10-19-39(44)40-30-29-38(32-45(40)54)57(48-26-14-24-46-52(48)58-53(55-46)36-28-27-34-15-6-7-16-35(34)31-36)49-33-50-51(42-21-9-8-20-41(42)49)43-22-11-13-25-47(43)56(50)37-17-4-3-5-18-37/h3-33H,1-2H3. The molecule has 12 rings (SSSR count). The fraction of sp³-hybridized carbons (Fsp3) is 0.0556. The summed E-state index contributed by atoms with van der Waals surface area (Å²) in [5, 5.41) is 7.15. The van der Waals surface area contributed by atoms with Crippen molar-refractivity contribution in [2.45, 2.75) is 19.3 Å². The number of benzene rings is 9. The summed E-state index contributed by atoms with van der Waals surface area (Å²) < 4.78 is 9.34. The van der Waals surface area contributed by atoms with E-state index in [4.69, 9.17) is 9.40 Å². The van der Waals surface area contributed by atoms with Crippen LogP contribution in [-0.2, 0) is 5.41 Å². The van der Waals surface area contributed by atoms with Gasteiger partial charge in [-0.25, -0.2) is 4.98 Å².